The van der Waals surface area contributed by atoms with Gasteiger partial charge in [0.1, 0.15) is 0 Å². The van der Waals surface area contributed by atoms with Crippen molar-refractivity contribution >= 4 is 0 Å². The van der Waals surface area contributed by atoms with Crippen LogP contribution < -0.4 is 0 Å². The van der Waals surface area contributed by atoms with Crippen molar-refractivity contribution < 1.29 is 38.6 Å². The number of rotatable bonds is 4. The van der Waals surface area contributed by atoms with E-state index in [4.69, 9.17) is 0 Å². The first kappa shape index (κ1) is 28.9. The summed E-state index contributed by atoms with van der Waals surface area (Å²) in [6, 6.07) is 23.9. The second kappa shape index (κ2) is 12.7. The maximum atomic E-state index is 13.9. The van der Waals surface area contributed by atoms with Gasteiger partial charge in [0, 0.05) is 52.7 Å². The maximum absolute atomic E-state index is 13.9. The quantitative estimate of drug-likeness (QED) is 0.146. The van der Waals surface area contributed by atoms with E-state index in [0.29, 0.717) is 17.0 Å². The number of hydrogen-bond donors (Lipinski definition) is 0. The molecule has 2 aromatic carbocycles. The zero-order chi connectivity index (χ0) is 26.4. The van der Waals surface area contributed by atoms with Crippen LogP contribution in [0.4, 0.5) is 17.6 Å². The van der Waals surface area contributed by atoms with Gasteiger partial charge in [0.2, 0.25) is 0 Å². The summed E-state index contributed by atoms with van der Waals surface area (Å²) in [5.41, 5.74) is 1.48. The summed E-state index contributed by atoms with van der Waals surface area (Å²) in [6.45, 7) is 3.67. The van der Waals surface area contributed by atoms with Crippen LogP contribution in [0.25, 0.3) is 22.5 Å². The standard InChI is InChI=1S/C16H9F2N2.C14H12F2N.Pt/c17-13-10-14(18)12(16-6-2-4-8-20-16)9-11(13)15-5-1-3-7-19-15;1-14(2,13-5-3-4-8-17-13)11-7-6-10(15)9-12(11)16;/h1-8,10H;3-6,8-9H,1-2H3;/q2*-1;+2. The molecule has 3 heterocycles. The summed E-state index contributed by atoms with van der Waals surface area (Å²) in [7, 11) is 0. The molecule has 0 bridgehead atoms. The Morgan fingerprint density at radius 2 is 1.18 bits per heavy atom. The van der Waals surface area contributed by atoms with Gasteiger partial charge in [-0.3, -0.25) is 32.5 Å². The molecule has 0 aliphatic heterocycles. The van der Waals surface area contributed by atoms with Crippen LogP contribution in [0.2, 0.25) is 0 Å². The van der Waals surface area contributed by atoms with Crippen molar-refractivity contribution in [3.05, 3.63) is 138 Å². The van der Waals surface area contributed by atoms with Crippen LogP contribution in [0.5, 0.6) is 0 Å². The van der Waals surface area contributed by atoms with E-state index < -0.39 is 28.7 Å². The molecule has 0 N–H and O–H groups in total. The third-order valence-corrected chi connectivity index (χ3v) is 5.61. The molecule has 0 spiro atoms. The van der Waals surface area contributed by atoms with Crippen molar-refractivity contribution in [2.75, 3.05) is 0 Å². The number of hydrogen-bond acceptors (Lipinski definition) is 3. The topological polar surface area (TPSA) is 38.7 Å². The molecule has 3 aromatic heterocycles. The average molecular weight is 695 g/mol. The van der Waals surface area contributed by atoms with Crippen molar-refractivity contribution in [1.82, 2.24) is 15.0 Å². The number of nitrogens with zero attached hydrogens (tertiary/aromatic N) is 3. The first-order valence-electron chi connectivity index (χ1n) is 11.3. The minimum Gasteiger partial charge on any atom is -0.295 e. The summed E-state index contributed by atoms with van der Waals surface area (Å²) in [5, 5.41) is 0. The molecule has 5 rings (SSSR count). The molecule has 0 saturated carbocycles. The fraction of sp³-hybridized carbons (Fsp3) is 0.100. The molecule has 8 heteroatoms. The average Bonchev–Trinajstić information content (AvgIpc) is 2.90. The van der Waals surface area contributed by atoms with Gasteiger partial charge in [-0.15, -0.1) is 23.8 Å². The van der Waals surface area contributed by atoms with E-state index >= 15 is 0 Å². The smallest absolute Gasteiger partial charge is 0.295 e. The molecule has 0 amide bonds. The Morgan fingerprint density at radius 3 is 1.63 bits per heavy atom. The molecule has 194 valence electrons. The van der Waals surface area contributed by atoms with Gasteiger partial charge >= 0.3 is 21.1 Å². The number of halogens is 4. The van der Waals surface area contributed by atoms with E-state index in [1.54, 1.807) is 61.1 Å². The molecule has 0 unspecified atom stereocenters. The number of aromatic nitrogens is 3. The summed E-state index contributed by atoms with van der Waals surface area (Å²) in [6.07, 6.45) is 4.75. The molecular formula is C30H21F4N3Pt. The van der Waals surface area contributed by atoms with Crippen LogP contribution in [0.1, 0.15) is 25.1 Å². The fourth-order valence-electron chi connectivity index (χ4n) is 3.68. The predicted octanol–water partition coefficient (Wildman–Crippen LogP) is 7.37. The Bertz CT molecular complexity index is 1420. The van der Waals surface area contributed by atoms with Crippen molar-refractivity contribution in [2.24, 2.45) is 0 Å². The van der Waals surface area contributed by atoms with Gasteiger partial charge in [0.25, 0.3) is 0 Å². The second-order valence-corrected chi connectivity index (χ2v) is 8.53. The van der Waals surface area contributed by atoms with Crippen molar-refractivity contribution in [2.45, 2.75) is 19.3 Å². The predicted molar refractivity (Wildman–Crippen MR) is 133 cm³/mol. The third-order valence-electron chi connectivity index (χ3n) is 5.61. The monoisotopic (exact) mass is 694 g/mol. The second-order valence-electron chi connectivity index (χ2n) is 8.53. The van der Waals surface area contributed by atoms with Crippen LogP contribution in [0.15, 0.2) is 91.4 Å². The van der Waals surface area contributed by atoms with Crippen LogP contribution in [0, 0.1) is 35.4 Å². The van der Waals surface area contributed by atoms with Gasteiger partial charge < -0.3 is 0 Å². The zero-order valence-corrected chi connectivity index (χ0v) is 22.6. The summed E-state index contributed by atoms with van der Waals surface area (Å²) in [4.78, 5) is 12.3. The largest absolute Gasteiger partial charge is 2.00 e. The molecule has 0 aliphatic rings. The summed E-state index contributed by atoms with van der Waals surface area (Å²) in [5.74, 6) is -2.61. The van der Waals surface area contributed by atoms with E-state index in [-0.39, 0.29) is 32.2 Å². The van der Waals surface area contributed by atoms with Crippen LogP contribution in [-0.4, -0.2) is 15.0 Å². The normalized spacial score (nSPS) is 10.7. The Morgan fingerprint density at radius 1 is 0.658 bits per heavy atom. The first-order valence-corrected chi connectivity index (χ1v) is 11.3. The SMILES string of the molecule is CC(C)(c1ccccn1)c1[c-]cc(F)cc1F.Fc1cc(F)c(-c2ccccn2)[c-]c1-c1ccccn1.[Pt+2]. The zero-order valence-electron chi connectivity index (χ0n) is 20.3. The molecule has 3 nitrogen and oxygen atoms in total. The van der Waals surface area contributed by atoms with Gasteiger partial charge in [0.05, 0.1) is 11.6 Å². The maximum Gasteiger partial charge on any atom is 2.00 e. The minimum absolute atomic E-state index is 0. The van der Waals surface area contributed by atoms with E-state index in [2.05, 4.69) is 27.1 Å². The third kappa shape index (κ3) is 6.59. The Kier molecular flexibility index (Phi) is 9.65. The molecule has 0 aliphatic carbocycles. The van der Waals surface area contributed by atoms with Gasteiger partial charge in [0.15, 0.2) is 0 Å². The van der Waals surface area contributed by atoms with Crippen LogP contribution in [-0.2, 0) is 26.5 Å². The molecule has 0 atom stereocenters. The fourth-order valence-corrected chi connectivity index (χ4v) is 3.68. The van der Waals surface area contributed by atoms with Crippen LogP contribution >= 0.6 is 0 Å². The molecule has 5 aromatic rings. The van der Waals surface area contributed by atoms with E-state index in [1.807, 2.05) is 26.0 Å². The van der Waals surface area contributed by atoms with E-state index in [1.165, 1.54) is 0 Å². The Labute approximate surface area is 232 Å². The van der Waals surface area contributed by atoms with Crippen molar-refractivity contribution in [1.29, 1.82) is 0 Å². The van der Waals surface area contributed by atoms with Gasteiger partial charge in [-0.2, -0.15) is 6.07 Å². The van der Waals surface area contributed by atoms with Crippen molar-refractivity contribution in [3.8, 4) is 22.5 Å². The summed E-state index contributed by atoms with van der Waals surface area (Å²) >= 11 is 0. The number of benzene rings is 2. The number of pyridine rings is 3. The molecule has 0 saturated heterocycles. The molecule has 0 fully saturated rings. The Hall–Kier alpha value is -3.70. The van der Waals surface area contributed by atoms with Crippen molar-refractivity contribution in [3.63, 3.8) is 0 Å². The molecule has 0 radical (unpaired) electrons. The van der Waals surface area contributed by atoms with E-state index in [0.717, 1.165) is 23.9 Å². The van der Waals surface area contributed by atoms with E-state index in [9.17, 15) is 17.6 Å². The summed E-state index contributed by atoms with van der Waals surface area (Å²) < 4.78 is 54.4. The minimum atomic E-state index is -0.694. The Balaban J connectivity index is 0.000000208. The van der Waals surface area contributed by atoms with Gasteiger partial charge in [-0.05, 0) is 24.3 Å². The van der Waals surface area contributed by atoms with Gasteiger partial charge in [-0.1, -0.05) is 61.4 Å². The van der Waals surface area contributed by atoms with Crippen LogP contribution in [0.3, 0.4) is 0 Å². The molecular weight excluding hydrogens is 673 g/mol. The van der Waals surface area contributed by atoms with Gasteiger partial charge in [-0.25, -0.2) is 0 Å². The molecule has 38 heavy (non-hydrogen) atoms. The first-order chi connectivity index (χ1) is 17.8.